The average Bonchev–Trinajstić information content (AvgIpc) is 2.56. The topological polar surface area (TPSA) is 40.5 Å². The quantitative estimate of drug-likeness (QED) is 0.827. The molecule has 0 aromatic heterocycles. The van der Waals surface area contributed by atoms with E-state index in [1.807, 2.05) is 0 Å². The van der Waals surface area contributed by atoms with Crippen LogP contribution in [-0.2, 0) is 5.41 Å². The number of hydrogen-bond donors (Lipinski definition) is 2. The van der Waals surface area contributed by atoms with Gasteiger partial charge >= 0.3 is 0 Å². The maximum atomic E-state index is 9.54. The van der Waals surface area contributed by atoms with Gasteiger partial charge in [0.2, 0.25) is 0 Å². The summed E-state index contributed by atoms with van der Waals surface area (Å²) in [6.07, 6.45) is 5.90. The van der Waals surface area contributed by atoms with E-state index in [2.05, 4.69) is 31.2 Å². The Morgan fingerprint density at radius 2 is 1.55 bits per heavy atom. The number of phenols is 2. The zero-order chi connectivity index (χ0) is 15.6. The third kappa shape index (κ3) is 2.83. The molecule has 1 aliphatic rings. The Morgan fingerprint density at radius 3 is 2.14 bits per heavy atom. The molecule has 116 valence electrons. The fraction of sp³-hybridized carbons (Fsp3) is 0.400. The van der Waals surface area contributed by atoms with Gasteiger partial charge in [-0.15, -0.1) is 0 Å². The first kappa shape index (κ1) is 15.0. The maximum absolute atomic E-state index is 9.54. The Kier molecular flexibility index (Phi) is 4.10. The minimum Gasteiger partial charge on any atom is -0.508 e. The van der Waals surface area contributed by atoms with Crippen LogP contribution in [0.15, 0.2) is 48.5 Å². The van der Waals surface area contributed by atoms with Gasteiger partial charge in [-0.05, 0) is 72.4 Å². The van der Waals surface area contributed by atoms with Gasteiger partial charge in [0.1, 0.15) is 11.5 Å². The van der Waals surface area contributed by atoms with Crippen molar-refractivity contribution in [1.82, 2.24) is 0 Å². The predicted octanol–water partition coefficient (Wildman–Crippen LogP) is 5.10. The lowest BCUT2D eigenvalue weighted by Gasteiger charge is -2.41. The van der Waals surface area contributed by atoms with Gasteiger partial charge in [0, 0.05) is 0 Å². The SMILES string of the molecule is CCC1(c2ccc(O)cc2)CCCC(c2ccc(O)cc2)C1. The molecule has 1 saturated carbocycles. The largest absolute Gasteiger partial charge is 0.508 e. The molecule has 2 nitrogen and oxygen atoms in total. The van der Waals surface area contributed by atoms with E-state index in [0.29, 0.717) is 17.4 Å². The second-order valence-corrected chi connectivity index (χ2v) is 6.57. The lowest BCUT2D eigenvalue weighted by atomic mass is 9.63. The van der Waals surface area contributed by atoms with Crippen molar-refractivity contribution in [3.05, 3.63) is 59.7 Å². The first-order valence-corrected chi connectivity index (χ1v) is 8.21. The summed E-state index contributed by atoms with van der Waals surface area (Å²) in [7, 11) is 0. The van der Waals surface area contributed by atoms with Crippen molar-refractivity contribution in [2.75, 3.05) is 0 Å². The van der Waals surface area contributed by atoms with Crippen LogP contribution in [-0.4, -0.2) is 10.2 Å². The molecule has 0 amide bonds. The number of phenolic OH excluding ortho intramolecular Hbond substituents is 2. The van der Waals surface area contributed by atoms with Gasteiger partial charge in [0.05, 0.1) is 0 Å². The van der Waals surface area contributed by atoms with Crippen LogP contribution in [0.25, 0.3) is 0 Å². The monoisotopic (exact) mass is 296 g/mol. The molecule has 2 aromatic carbocycles. The van der Waals surface area contributed by atoms with Crippen molar-refractivity contribution >= 4 is 0 Å². The van der Waals surface area contributed by atoms with E-state index in [9.17, 15) is 10.2 Å². The van der Waals surface area contributed by atoms with Crippen LogP contribution in [0, 0.1) is 0 Å². The summed E-state index contributed by atoms with van der Waals surface area (Å²) in [5, 5.41) is 19.0. The Labute approximate surface area is 132 Å². The van der Waals surface area contributed by atoms with Crippen LogP contribution in [0.1, 0.15) is 56.1 Å². The molecular weight excluding hydrogens is 272 g/mol. The van der Waals surface area contributed by atoms with Crippen LogP contribution in [0.4, 0.5) is 0 Å². The Morgan fingerprint density at radius 1 is 0.955 bits per heavy atom. The predicted molar refractivity (Wildman–Crippen MR) is 89.4 cm³/mol. The number of aromatic hydroxyl groups is 2. The van der Waals surface area contributed by atoms with Crippen molar-refractivity contribution in [3.8, 4) is 11.5 Å². The third-order valence-corrected chi connectivity index (χ3v) is 5.37. The van der Waals surface area contributed by atoms with Crippen LogP contribution in [0.2, 0.25) is 0 Å². The molecule has 1 fully saturated rings. The molecule has 2 atom stereocenters. The number of hydrogen-bond acceptors (Lipinski definition) is 2. The standard InChI is InChI=1S/C20H24O2/c1-2-20(17-7-11-19(22)12-8-17)13-3-4-16(14-20)15-5-9-18(21)10-6-15/h5-12,16,21-22H,2-4,13-14H2,1H3. The van der Waals surface area contributed by atoms with E-state index in [-0.39, 0.29) is 5.41 Å². The fourth-order valence-electron chi connectivity index (χ4n) is 4.00. The van der Waals surface area contributed by atoms with Crippen LogP contribution in [0.3, 0.4) is 0 Å². The molecule has 0 radical (unpaired) electrons. The molecule has 0 aliphatic heterocycles. The molecule has 3 rings (SSSR count). The van der Waals surface area contributed by atoms with Crippen molar-refractivity contribution < 1.29 is 10.2 Å². The third-order valence-electron chi connectivity index (χ3n) is 5.37. The van der Waals surface area contributed by atoms with Crippen LogP contribution in [0.5, 0.6) is 11.5 Å². The van der Waals surface area contributed by atoms with Gasteiger partial charge in [-0.25, -0.2) is 0 Å². The summed E-state index contributed by atoms with van der Waals surface area (Å²) < 4.78 is 0. The second kappa shape index (κ2) is 6.04. The molecular formula is C20H24O2. The summed E-state index contributed by atoms with van der Waals surface area (Å²) in [6.45, 7) is 2.27. The molecule has 2 N–H and O–H groups in total. The minimum atomic E-state index is 0.203. The first-order chi connectivity index (χ1) is 10.6. The second-order valence-electron chi connectivity index (χ2n) is 6.57. The first-order valence-electron chi connectivity index (χ1n) is 8.21. The highest BCUT2D eigenvalue weighted by Crippen LogP contribution is 2.48. The van der Waals surface area contributed by atoms with Crippen molar-refractivity contribution in [2.24, 2.45) is 0 Å². The average molecular weight is 296 g/mol. The molecule has 2 heteroatoms. The van der Waals surface area contributed by atoms with Crippen LogP contribution < -0.4 is 0 Å². The molecule has 0 bridgehead atoms. The summed E-state index contributed by atoms with van der Waals surface area (Å²) in [6, 6.07) is 15.5. The summed E-state index contributed by atoms with van der Waals surface area (Å²) in [4.78, 5) is 0. The molecule has 0 spiro atoms. The lowest BCUT2D eigenvalue weighted by molar-refractivity contribution is 0.256. The van der Waals surface area contributed by atoms with E-state index in [1.54, 1.807) is 24.3 Å². The van der Waals surface area contributed by atoms with Gasteiger partial charge in [-0.3, -0.25) is 0 Å². The summed E-state index contributed by atoms with van der Waals surface area (Å²) in [5.74, 6) is 1.21. The van der Waals surface area contributed by atoms with Crippen molar-refractivity contribution in [2.45, 2.75) is 50.4 Å². The molecule has 0 heterocycles. The van der Waals surface area contributed by atoms with Gasteiger partial charge in [0.15, 0.2) is 0 Å². The van der Waals surface area contributed by atoms with E-state index in [4.69, 9.17) is 0 Å². The highest BCUT2D eigenvalue weighted by molar-refractivity contribution is 5.34. The zero-order valence-electron chi connectivity index (χ0n) is 13.1. The molecule has 1 aliphatic carbocycles. The highest BCUT2D eigenvalue weighted by atomic mass is 16.3. The van der Waals surface area contributed by atoms with E-state index in [1.165, 1.54) is 30.4 Å². The van der Waals surface area contributed by atoms with E-state index < -0.39 is 0 Å². The van der Waals surface area contributed by atoms with Crippen molar-refractivity contribution in [1.29, 1.82) is 0 Å². The van der Waals surface area contributed by atoms with Gasteiger partial charge < -0.3 is 10.2 Å². The van der Waals surface area contributed by atoms with E-state index in [0.717, 1.165) is 12.8 Å². The Bertz CT molecular complexity index is 615. The molecule has 22 heavy (non-hydrogen) atoms. The number of rotatable bonds is 3. The lowest BCUT2D eigenvalue weighted by Crippen LogP contribution is -2.31. The van der Waals surface area contributed by atoms with Gasteiger partial charge in [-0.1, -0.05) is 37.6 Å². The van der Waals surface area contributed by atoms with Crippen LogP contribution >= 0.6 is 0 Å². The molecule has 0 saturated heterocycles. The number of benzene rings is 2. The highest BCUT2D eigenvalue weighted by Gasteiger charge is 2.36. The Balaban J connectivity index is 1.89. The van der Waals surface area contributed by atoms with Gasteiger partial charge in [-0.2, -0.15) is 0 Å². The maximum Gasteiger partial charge on any atom is 0.115 e. The minimum absolute atomic E-state index is 0.203. The molecule has 2 aromatic rings. The Hall–Kier alpha value is -1.96. The van der Waals surface area contributed by atoms with E-state index >= 15 is 0 Å². The fourth-order valence-corrected chi connectivity index (χ4v) is 4.00. The summed E-state index contributed by atoms with van der Waals surface area (Å²) >= 11 is 0. The summed E-state index contributed by atoms with van der Waals surface area (Å²) in [5.41, 5.74) is 2.87. The normalized spacial score (nSPS) is 25.0. The van der Waals surface area contributed by atoms with Gasteiger partial charge in [0.25, 0.3) is 0 Å². The van der Waals surface area contributed by atoms with Crippen molar-refractivity contribution in [3.63, 3.8) is 0 Å². The molecule has 2 unspecified atom stereocenters. The smallest absolute Gasteiger partial charge is 0.115 e. The zero-order valence-corrected chi connectivity index (χ0v) is 13.1.